The number of hydrogen-bond donors (Lipinski definition) is 1. The van der Waals surface area contributed by atoms with Crippen molar-refractivity contribution in [2.75, 3.05) is 31.2 Å². The second-order valence-corrected chi connectivity index (χ2v) is 7.38. The van der Waals surface area contributed by atoms with Gasteiger partial charge in [-0.3, -0.25) is 4.79 Å². The summed E-state index contributed by atoms with van der Waals surface area (Å²) in [4.78, 5) is 19.1. The molecule has 2 aromatic heterocycles. The van der Waals surface area contributed by atoms with Crippen LogP contribution in [-0.2, 0) is 11.3 Å². The van der Waals surface area contributed by atoms with Crippen molar-refractivity contribution < 1.29 is 13.9 Å². The lowest BCUT2D eigenvalue weighted by Gasteiger charge is -2.18. The number of carbonyl (C=O) groups is 1. The van der Waals surface area contributed by atoms with Gasteiger partial charge < -0.3 is 15.0 Å². The fraction of sp³-hybridized carbons (Fsp3) is 0.273. The molecule has 0 atom stereocenters. The summed E-state index contributed by atoms with van der Waals surface area (Å²) in [6.07, 6.45) is 2.69. The Kier molecular flexibility index (Phi) is 4.84. The van der Waals surface area contributed by atoms with Crippen LogP contribution in [0.2, 0.25) is 0 Å². The van der Waals surface area contributed by atoms with E-state index >= 15 is 0 Å². The van der Waals surface area contributed by atoms with Gasteiger partial charge in [-0.1, -0.05) is 6.07 Å². The van der Waals surface area contributed by atoms with E-state index < -0.39 is 5.82 Å². The van der Waals surface area contributed by atoms with E-state index in [1.807, 2.05) is 12.1 Å². The van der Waals surface area contributed by atoms with E-state index in [0.29, 0.717) is 29.2 Å². The van der Waals surface area contributed by atoms with Gasteiger partial charge in [-0.25, -0.2) is 14.1 Å². The lowest BCUT2D eigenvalue weighted by atomic mass is 10.0. The Morgan fingerprint density at radius 1 is 1.19 bits per heavy atom. The van der Waals surface area contributed by atoms with Gasteiger partial charge in [0.15, 0.2) is 5.82 Å². The highest BCUT2D eigenvalue weighted by Crippen LogP contribution is 2.31. The zero-order chi connectivity index (χ0) is 21.4. The fourth-order valence-electron chi connectivity index (χ4n) is 3.99. The molecule has 5 rings (SSSR count). The molecular formula is C22H19FN6O2. The Morgan fingerprint density at radius 3 is 2.97 bits per heavy atom. The average molecular weight is 418 g/mol. The van der Waals surface area contributed by atoms with Crippen LogP contribution in [-0.4, -0.2) is 47.0 Å². The van der Waals surface area contributed by atoms with Gasteiger partial charge in [0, 0.05) is 32.0 Å². The minimum absolute atomic E-state index is 0.116. The minimum Gasteiger partial charge on any atom is -0.380 e. The number of nitrogens with zero attached hydrogens (tertiary/aromatic N) is 5. The Balaban J connectivity index is 1.63. The van der Waals surface area contributed by atoms with Crippen molar-refractivity contribution in [3.63, 3.8) is 0 Å². The monoisotopic (exact) mass is 418 g/mol. The molecule has 0 bridgehead atoms. The largest absolute Gasteiger partial charge is 0.380 e. The summed E-state index contributed by atoms with van der Waals surface area (Å²) < 4.78 is 21.8. The van der Waals surface area contributed by atoms with Gasteiger partial charge >= 0.3 is 0 Å². The molecule has 1 saturated heterocycles. The zero-order valence-electron chi connectivity index (χ0n) is 16.6. The highest BCUT2D eigenvalue weighted by atomic mass is 19.1. The molecule has 1 N–H and O–H groups in total. The Bertz CT molecular complexity index is 1210. The molecule has 4 heterocycles. The molecule has 1 fully saturated rings. The molecule has 0 radical (unpaired) electrons. The van der Waals surface area contributed by atoms with Crippen molar-refractivity contribution >= 4 is 11.7 Å². The van der Waals surface area contributed by atoms with Gasteiger partial charge in [0.1, 0.15) is 5.82 Å². The molecule has 2 aliphatic heterocycles. The number of ether oxygens (including phenoxy) is 1. The van der Waals surface area contributed by atoms with Crippen molar-refractivity contribution in [1.82, 2.24) is 20.1 Å². The Hall–Kier alpha value is -3.77. The normalized spacial score (nSPS) is 15.9. The Labute approximate surface area is 177 Å². The second-order valence-electron chi connectivity index (χ2n) is 7.38. The predicted octanol–water partition coefficient (Wildman–Crippen LogP) is 2.42. The van der Waals surface area contributed by atoms with Crippen molar-refractivity contribution in [1.29, 1.82) is 5.26 Å². The first kappa shape index (κ1) is 19.2. The van der Waals surface area contributed by atoms with Crippen LogP contribution in [0.25, 0.3) is 16.9 Å². The first-order chi connectivity index (χ1) is 15.2. The average Bonchev–Trinajstić information content (AvgIpc) is 3.32. The van der Waals surface area contributed by atoms with Crippen molar-refractivity contribution in [2.24, 2.45) is 0 Å². The SMILES string of the molecule is N#Cc1cccc(F)c1-c1cc(-n2ccc(N3CCCOCC3)n2)c2c(n1)CNC2=O. The van der Waals surface area contributed by atoms with E-state index in [1.54, 1.807) is 23.0 Å². The molecule has 3 aromatic rings. The fourth-order valence-corrected chi connectivity index (χ4v) is 3.99. The lowest BCUT2D eigenvalue weighted by Crippen LogP contribution is -2.26. The molecule has 1 aromatic carbocycles. The number of amides is 1. The van der Waals surface area contributed by atoms with E-state index in [4.69, 9.17) is 4.74 Å². The third-order valence-corrected chi connectivity index (χ3v) is 5.48. The molecular weight excluding hydrogens is 399 g/mol. The number of fused-ring (bicyclic) bond motifs is 1. The summed E-state index contributed by atoms with van der Waals surface area (Å²) >= 11 is 0. The van der Waals surface area contributed by atoms with Crippen molar-refractivity contribution in [3.05, 3.63) is 59.2 Å². The molecule has 0 aliphatic carbocycles. The number of nitrogens with one attached hydrogen (secondary N) is 1. The van der Waals surface area contributed by atoms with E-state index in [9.17, 15) is 14.4 Å². The van der Waals surface area contributed by atoms with E-state index in [1.165, 1.54) is 12.1 Å². The summed E-state index contributed by atoms with van der Waals surface area (Å²) in [6.45, 7) is 3.16. The summed E-state index contributed by atoms with van der Waals surface area (Å²) in [5, 5.41) is 16.9. The smallest absolute Gasteiger partial charge is 0.255 e. The van der Waals surface area contributed by atoms with Gasteiger partial charge in [0.2, 0.25) is 0 Å². The number of nitriles is 1. The molecule has 1 amide bonds. The van der Waals surface area contributed by atoms with Crippen LogP contribution in [0.3, 0.4) is 0 Å². The van der Waals surface area contributed by atoms with Crippen LogP contribution < -0.4 is 10.2 Å². The molecule has 9 heteroatoms. The van der Waals surface area contributed by atoms with Gasteiger partial charge in [-0.05, 0) is 24.6 Å². The van der Waals surface area contributed by atoms with Crippen molar-refractivity contribution in [2.45, 2.75) is 13.0 Å². The lowest BCUT2D eigenvalue weighted by molar-refractivity contribution is 0.0965. The second kappa shape index (κ2) is 7.81. The highest BCUT2D eigenvalue weighted by Gasteiger charge is 2.28. The Morgan fingerprint density at radius 2 is 2.10 bits per heavy atom. The van der Waals surface area contributed by atoms with E-state index in [-0.39, 0.29) is 23.6 Å². The first-order valence-corrected chi connectivity index (χ1v) is 10.1. The molecule has 0 unspecified atom stereocenters. The molecule has 0 saturated carbocycles. The van der Waals surface area contributed by atoms with Gasteiger partial charge in [0.25, 0.3) is 5.91 Å². The number of pyridine rings is 1. The number of carbonyl (C=O) groups excluding carboxylic acids is 1. The van der Waals surface area contributed by atoms with Gasteiger partial charge in [0.05, 0.1) is 53.0 Å². The van der Waals surface area contributed by atoms with Crippen LogP contribution in [0.1, 0.15) is 28.0 Å². The predicted molar refractivity (Wildman–Crippen MR) is 110 cm³/mol. The number of hydrogen-bond acceptors (Lipinski definition) is 6. The molecule has 8 nitrogen and oxygen atoms in total. The number of anilines is 1. The minimum atomic E-state index is -0.541. The van der Waals surface area contributed by atoms with Crippen LogP contribution >= 0.6 is 0 Å². The first-order valence-electron chi connectivity index (χ1n) is 10.1. The van der Waals surface area contributed by atoms with E-state index in [2.05, 4.69) is 20.3 Å². The molecule has 0 spiro atoms. The van der Waals surface area contributed by atoms with Crippen LogP contribution in [0, 0.1) is 17.1 Å². The van der Waals surface area contributed by atoms with Crippen LogP contribution in [0.5, 0.6) is 0 Å². The number of aromatic nitrogens is 3. The maximum atomic E-state index is 14.7. The standard InChI is InChI=1S/C22H19FN6O2/c23-15-4-1-3-14(12-24)20(15)16-11-18(21-17(26-16)13-25-22(21)30)29-7-5-19(27-29)28-6-2-9-31-10-8-28/h1,3-5,7,11H,2,6,8-10,13H2,(H,25,30). The third-order valence-electron chi connectivity index (χ3n) is 5.48. The maximum Gasteiger partial charge on any atom is 0.255 e. The number of rotatable bonds is 3. The zero-order valence-corrected chi connectivity index (χ0v) is 16.6. The summed E-state index contributed by atoms with van der Waals surface area (Å²) in [5.74, 6) is -0.0154. The summed E-state index contributed by atoms with van der Waals surface area (Å²) in [7, 11) is 0. The topological polar surface area (TPSA) is 96.1 Å². The molecule has 2 aliphatic rings. The van der Waals surface area contributed by atoms with Crippen molar-refractivity contribution in [3.8, 4) is 23.0 Å². The molecule has 156 valence electrons. The third kappa shape index (κ3) is 3.41. The number of halogens is 1. The van der Waals surface area contributed by atoms with E-state index in [0.717, 1.165) is 31.9 Å². The van der Waals surface area contributed by atoms with Crippen LogP contribution in [0.15, 0.2) is 36.5 Å². The summed E-state index contributed by atoms with van der Waals surface area (Å²) in [6, 6.07) is 9.85. The quantitative estimate of drug-likeness (QED) is 0.702. The van der Waals surface area contributed by atoms with Crippen LogP contribution in [0.4, 0.5) is 10.2 Å². The van der Waals surface area contributed by atoms with Gasteiger partial charge in [-0.15, -0.1) is 0 Å². The van der Waals surface area contributed by atoms with Gasteiger partial charge in [-0.2, -0.15) is 10.4 Å². The molecule has 31 heavy (non-hydrogen) atoms. The maximum absolute atomic E-state index is 14.7. The highest BCUT2D eigenvalue weighted by molar-refractivity contribution is 6.01. The summed E-state index contributed by atoms with van der Waals surface area (Å²) in [5.41, 5.74) is 2.00. The number of benzene rings is 1.